The second-order valence-electron chi connectivity index (χ2n) is 7.10. The number of hydrogen-bond donors (Lipinski definition) is 2. The van der Waals surface area contributed by atoms with Crippen molar-refractivity contribution in [2.45, 2.75) is 26.4 Å². The van der Waals surface area contributed by atoms with Crippen LogP contribution in [0.5, 0.6) is 5.75 Å². The predicted molar refractivity (Wildman–Crippen MR) is 132 cm³/mol. The van der Waals surface area contributed by atoms with Crippen molar-refractivity contribution < 1.29 is 9.47 Å². The molecule has 1 aliphatic heterocycles. The van der Waals surface area contributed by atoms with Crippen LogP contribution in [0.4, 0.5) is 0 Å². The molecule has 1 fully saturated rings. The first kappa shape index (κ1) is 25.3. The quantitative estimate of drug-likeness (QED) is 0.267. The maximum atomic E-state index is 5.94. The van der Waals surface area contributed by atoms with Crippen LogP contribution in [0.3, 0.4) is 0 Å². The molecule has 1 aliphatic rings. The largest absolute Gasteiger partial charge is 0.492 e. The van der Waals surface area contributed by atoms with Gasteiger partial charge in [0, 0.05) is 52.7 Å². The van der Waals surface area contributed by atoms with Crippen molar-refractivity contribution in [3.63, 3.8) is 0 Å². The molecule has 0 atom stereocenters. The summed E-state index contributed by atoms with van der Waals surface area (Å²) in [5.74, 6) is 2.65. The van der Waals surface area contributed by atoms with E-state index in [0.717, 1.165) is 75.5 Å². The summed E-state index contributed by atoms with van der Waals surface area (Å²) in [5, 5.41) is 14.7. The van der Waals surface area contributed by atoms with Gasteiger partial charge in [-0.05, 0) is 17.7 Å². The van der Waals surface area contributed by atoms with Crippen LogP contribution < -0.4 is 15.4 Å². The van der Waals surface area contributed by atoms with Crippen LogP contribution in [-0.2, 0) is 24.2 Å². The van der Waals surface area contributed by atoms with Gasteiger partial charge in [-0.25, -0.2) is 0 Å². The van der Waals surface area contributed by atoms with Crippen molar-refractivity contribution in [1.82, 2.24) is 30.3 Å². The molecule has 2 heterocycles. The van der Waals surface area contributed by atoms with E-state index < -0.39 is 0 Å². The van der Waals surface area contributed by atoms with Crippen LogP contribution in [0.1, 0.15) is 18.3 Å². The Balaban J connectivity index is 0.00000341. The molecule has 9 nitrogen and oxygen atoms in total. The van der Waals surface area contributed by atoms with Crippen LogP contribution >= 0.6 is 24.0 Å². The van der Waals surface area contributed by atoms with Gasteiger partial charge in [-0.3, -0.25) is 9.89 Å². The highest BCUT2D eigenvalue weighted by Gasteiger charge is 2.10. The number of hydrogen-bond acceptors (Lipinski definition) is 6. The zero-order chi connectivity index (χ0) is 21.0. The number of halogens is 1. The van der Waals surface area contributed by atoms with E-state index in [1.807, 2.05) is 12.1 Å². The first-order chi connectivity index (χ1) is 14.8. The Morgan fingerprint density at radius 3 is 2.84 bits per heavy atom. The van der Waals surface area contributed by atoms with Crippen LogP contribution in [0.2, 0.25) is 0 Å². The Labute approximate surface area is 201 Å². The van der Waals surface area contributed by atoms with Gasteiger partial charge in [0.05, 0.1) is 13.2 Å². The Morgan fingerprint density at radius 1 is 1.23 bits per heavy atom. The van der Waals surface area contributed by atoms with Gasteiger partial charge in [-0.15, -0.1) is 34.2 Å². The monoisotopic (exact) mass is 543 g/mol. The zero-order valence-corrected chi connectivity index (χ0v) is 20.7. The molecular formula is C21H34IN7O2. The van der Waals surface area contributed by atoms with Gasteiger partial charge >= 0.3 is 0 Å². The smallest absolute Gasteiger partial charge is 0.191 e. The minimum absolute atomic E-state index is 0. The molecular weight excluding hydrogens is 509 g/mol. The van der Waals surface area contributed by atoms with Crippen LogP contribution in [-0.4, -0.2) is 78.7 Å². The number of aliphatic imine (C=N–C) groups is 1. The lowest BCUT2D eigenvalue weighted by atomic mass is 10.2. The van der Waals surface area contributed by atoms with E-state index in [1.165, 1.54) is 0 Å². The van der Waals surface area contributed by atoms with Gasteiger partial charge in [0.2, 0.25) is 0 Å². The minimum Gasteiger partial charge on any atom is -0.492 e. The number of benzene rings is 1. The summed E-state index contributed by atoms with van der Waals surface area (Å²) in [6.07, 6.45) is 2.64. The molecule has 1 aromatic heterocycles. The number of aryl methyl sites for hydroxylation is 1. The molecule has 3 rings (SSSR count). The number of nitrogens with zero attached hydrogens (tertiary/aromatic N) is 5. The van der Waals surface area contributed by atoms with E-state index in [9.17, 15) is 0 Å². The minimum atomic E-state index is 0. The van der Waals surface area contributed by atoms with Gasteiger partial charge in [0.15, 0.2) is 5.96 Å². The van der Waals surface area contributed by atoms with Gasteiger partial charge in [-0.1, -0.05) is 19.1 Å². The topological polar surface area (TPSA) is 88.8 Å². The third-order valence-corrected chi connectivity index (χ3v) is 5.02. The average molecular weight is 543 g/mol. The number of nitrogens with one attached hydrogen (secondary N) is 2. The van der Waals surface area contributed by atoms with Crippen molar-refractivity contribution in [3.8, 4) is 5.75 Å². The van der Waals surface area contributed by atoms with Crippen LogP contribution in [0.25, 0.3) is 0 Å². The van der Waals surface area contributed by atoms with E-state index >= 15 is 0 Å². The third-order valence-electron chi connectivity index (χ3n) is 5.02. The number of rotatable bonds is 10. The Morgan fingerprint density at radius 2 is 2.06 bits per heavy atom. The molecule has 0 spiro atoms. The molecule has 1 aromatic carbocycles. The maximum Gasteiger partial charge on any atom is 0.191 e. The average Bonchev–Trinajstić information content (AvgIpc) is 3.24. The summed E-state index contributed by atoms with van der Waals surface area (Å²) in [5.41, 5.74) is 1.15. The number of guanidine groups is 1. The van der Waals surface area contributed by atoms with E-state index in [0.29, 0.717) is 13.2 Å². The second-order valence-corrected chi connectivity index (χ2v) is 7.10. The van der Waals surface area contributed by atoms with Crippen molar-refractivity contribution >= 4 is 29.9 Å². The molecule has 0 bridgehead atoms. The van der Waals surface area contributed by atoms with Crippen molar-refractivity contribution in [3.05, 3.63) is 42.0 Å². The molecule has 0 amide bonds. The Kier molecular flexibility index (Phi) is 11.6. The lowest BCUT2D eigenvalue weighted by molar-refractivity contribution is 0.0322. The number of aromatic nitrogens is 3. The molecule has 10 heteroatoms. The normalized spacial score (nSPS) is 14.7. The van der Waals surface area contributed by atoms with Crippen molar-refractivity contribution in [2.75, 3.05) is 53.0 Å². The Hall–Kier alpha value is -1.92. The van der Waals surface area contributed by atoms with Gasteiger partial charge < -0.3 is 24.7 Å². The zero-order valence-electron chi connectivity index (χ0n) is 18.4. The highest BCUT2D eigenvalue weighted by Crippen LogP contribution is 2.13. The van der Waals surface area contributed by atoms with E-state index in [-0.39, 0.29) is 24.0 Å². The van der Waals surface area contributed by atoms with Gasteiger partial charge in [-0.2, -0.15) is 0 Å². The standard InChI is InChI=1S/C21H33N7O2.HI/c1-3-20-26-25-17-28(20)8-7-23-21(22-2)24-16-18-5-4-6-19(15-18)30-14-11-27-9-12-29-13-10-27;/h4-6,15,17H,3,7-14,16H2,1-2H3,(H2,22,23,24);1H. The molecule has 2 N–H and O–H groups in total. The number of ether oxygens (including phenoxy) is 2. The molecule has 172 valence electrons. The van der Waals surface area contributed by atoms with Crippen molar-refractivity contribution in [1.29, 1.82) is 0 Å². The molecule has 0 radical (unpaired) electrons. The Bertz CT molecular complexity index is 794. The summed E-state index contributed by atoms with van der Waals surface area (Å²) < 4.78 is 13.4. The molecule has 0 unspecified atom stereocenters. The van der Waals surface area contributed by atoms with Gasteiger partial charge in [0.1, 0.15) is 24.5 Å². The lowest BCUT2D eigenvalue weighted by Gasteiger charge is -2.26. The highest BCUT2D eigenvalue weighted by molar-refractivity contribution is 14.0. The SMILES string of the molecule is CCc1nncn1CCNC(=NC)NCc1cccc(OCCN2CCOCC2)c1.I. The summed E-state index contributed by atoms with van der Waals surface area (Å²) in [4.78, 5) is 6.66. The third kappa shape index (κ3) is 8.62. The molecule has 1 saturated heterocycles. The molecule has 2 aromatic rings. The lowest BCUT2D eigenvalue weighted by Crippen LogP contribution is -2.38. The van der Waals surface area contributed by atoms with E-state index in [4.69, 9.17) is 9.47 Å². The highest BCUT2D eigenvalue weighted by atomic mass is 127. The van der Waals surface area contributed by atoms with E-state index in [2.05, 4.69) is 54.3 Å². The maximum absolute atomic E-state index is 5.94. The summed E-state index contributed by atoms with van der Waals surface area (Å²) in [7, 11) is 1.77. The molecule has 0 saturated carbocycles. The summed E-state index contributed by atoms with van der Waals surface area (Å²) in [6, 6.07) is 8.18. The van der Waals surface area contributed by atoms with E-state index in [1.54, 1.807) is 13.4 Å². The van der Waals surface area contributed by atoms with Gasteiger partial charge in [0.25, 0.3) is 0 Å². The summed E-state index contributed by atoms with van der Waals surface area (Å²) in [6.45, 7) is 9.50. The molecule has 31 heavy (non-hydrogen) atoms. The summed E-state index contributed by atoms with van der Waals surface area (Å²) >= 11 is 0. The first-order valence-corrected chi connectivity index (χ1v) is 10.6. The fourth-order valence-electron chi connectivity index (χ4n) is 3.30. The second kappa shape index (κ2) is 14.2. The van der Waals surface area contributed by atoms with Crippen LogP contribution in [0.15, 0.2) is 35.6 Å². The predicted octanol–water partition coefficient (Wildman–Crippen LogP) is 1.53. The fourth-order valence-corrected chi connectivity index (χ4v) is 3.30. The van der Waals surface area contributed by atoms with Crippen LogP contribution in [0, 0.1) is 0 Å². The van der Waals surface area contributed by atoms with Crippen molar-refractivity contribution in [2.24, 2.45) is 4.99 Å². The molecule has 0 aliphatic carbocycles. The fraction of sp³-hybridized carbons (Fsp3) is 0.571. The first-order valence-electron chi connectivity index (χ1n) is 10.6. The number of morpholine rings is 1.